The van der Waals surface area contributed by atoms with Gasteiger partial charge in [-0.2, -0.15) is 5.10 Å². The highest BCUT2D eigenvalue weighted by molar-refractivity contribution is 9.10. The van der Waals surface area contributed by atoms with Crippen molar-refractivity contribution in [1.82, 2.24) is 9.78 Å². The highest BCUT2D eigenvalue weighted by Crippen LogP contribution is 2.19. The first kappa shape index (κ1) is 12.7. The van der Waals surface area contributed by atoms with Crippen LogP contribution in [-0.4, -0.2) is 21.0 Å². The van der Waals surface area contributed by atoms with E-state index in [4.69, 9.17) is 0 Å². The fourth-order valence-electron chi connectivity index (χ4n) is 1.55. The van der Waals surface area contributed by atoms with Crippen molar-refractivity contribution in [1.29, 1.82) is 0 Å². The van der Waals surface area contributed by atoms with Gasteiger partial charge in [0.1, 0.15) is 0 Å². The summed E-state index contributed by atoms with van der Waals surface area (Å²) in [6.07, 6.45) is 5.24. The van der Waals surface area contributed by atoms with Gasteiger partial charge in [0.2, 0.25) is 0 Å². The third-order valence-electron chi connectivity index (χ3n) is 2.52. The number of aliphatic hydroxyl groups is 1. The number of aliphatic hydroxyl groups excluding tert-OH is 1. The van der Waals surface area contributed by atoms with Crippen LogP contribution >= 0.6 is 15.9 Å². The van der Waals surface area contributed by atoms with Crippen molar-refractivity contribution in [2.75, 3.05) is 0 Å². The Balaban J connectivity index is 2.61. The summed E-state index contributed by atoms with van der Waals surface area (Å²) < 4.78 is 3.08. The maximum Gasteiger partial charge on any atom is 0.0635 e. The van der Waals surface area contributed by atoms with Crippen LogP contribution in [0.5, 0.6) is 0 Å². The molecule has 3 nitrogen and oxygen atoms in total. The number of aryl methyl sites for hydroxylation is 1. The molecule has 4 heteroatoms. The first-order valence-electron chi connectivity index (χ1n) is 5.57. The molecule has 0 saturated heterocycles. The van der Waals surface area contributed by atoms with E-state index in [9.17, 15) is 5.11 Å². The lowest BCUT2D eigenvalue weighted by Crippen LogP contribution is -2.10. The summed E-state index contributed by atoms with van der Waals surface area (Å²) in [5.41, 5.74) is 1.20. The van der Waals surface area contributed by atoms with Crippen LogP contribution in [0.1, 0.15) is 38.8 Å². The van der Waals surface area contributed by atoms with Crippen molar-refractivity contribution in [3.05, 3.63) is 16.4 Å². The van der Waals surface area contributed by atoms with Gasteiger partial charge in [-0.25, -0.2) is 0 Å². The van der Waals surface area contributed by atoms with Crippen molar-refractivity contribution in [2.24, 2.45) is 0 Å². The zero-order valence-corrected chi connectivity index (χ0v) is 11.0. The van der Waals surface area contributed by atoms with Gasteiger partial charge in [-0.15, -0.1) is 0 Å². The normalized spacial score (nSPS) is 13.1. The molecule has 0 saturated carbocycles. The van der Waals surface area contributed by atoms with Gasteiger partial charge in [-0.05, 0) is 41.6 Å². The summed E-state index contributed by atoms with van der Waals surface area (Å²) in [4.78, 5) is 0. The zero-order valence-electron chi connectivity index (χ0n) is 9.41. The number of nitrogens with zero attached hydrogens (tertiary/aromatic N) is 2. The number of aromatic nitrogens is 2. The van der Waals surface area contributed by atoms with E-state index >= 15 is 0 Å². The maximum absolute atomic E-state index is 9.52. The quantitative estimate of drug-likeness (QED) is 0.866. The SMILES string of the molecule is CCCn1ncc(Br)c1CCC(O)CC. The van der Waals surface area contributed by atoms with E-state index in [0.29, 0.717) is 0 Å². The number of hydrogen-bond donors (Lipinski definition) is 1. The molecule has 0 fully saturated rings. The smallest absolute Gasteiger partial charge is 0.0635 e. The van der Waals surface area contributed by atoms with Gasteiger partial charge >= 0.3 is 0 Å². The fourth-order valence-corrected chi connectivity index (χ4v) is 2.04. The Hall–Kier alpha value is -0.350. The summed E-state index contributed by atoms with van der Waals surface area (Å²) in [5, 5.41) is 13.8. The van der Waals surface area contributed by atoms with Gasteiger partial charge in [0.05, 0.1) is 22.5 Å². The molecule has 0 aliphatic rings. The van der Waals surface area contributed by atoms with E-state index in [1.54, 1.807) is 0 Å². The predicted molar refractivity (Wildman–Crippen MR) is 64.8 cm³/mol. The molecule has 1 atom stereocenters. The monoisotopic (exact) mass is 274 g/mol. The van der Waals surface area contributed by atoms with E-state index in [2.05, 4.69) is 28.0 Å². The third-order valence-corrected chi connectivity index (χ3v) is 3.18. The lowest BCUT2D eigenvalue weighted by molar-refractivity contribution is 0.160. The molecule has 15 heavy (non-hydrogen) atoms. The van der Waals surface area contributed by atoms with E-state index < -0.39 is 0 Å². The van der Waals surface area contributed by atoms with E-state index in [1.807, 2.05) is 17.8 Å². The molecule has 1 heterocycles. The summed E-state index contributed by atoms with van der Waals surface area (Å²) in [6, 6.07) is 0. The minimum atomic E-state index is -0.193. The summed E-state index contributed by atoms with van der Waals surface area (Å²) in [7, 11) is 0. The van der Waals surface area contributed by atoms with Crippen molar-refractivity contribution >= 4 is 15.9 Å². The van der Waals surface area contributed by atoms with Crippen LogP contribution in [0.15, 0.2) is 10.7 Å². The van der Waals surface area contributed by atoms with Crippen molar-refractivity contribution < 1.29 is 5.11 Å². The van der Waals surface area contributed by atoms with Crippen molar-refractivity contribution in [2.45, 2.75) is 52.2 Å². The second-order valence-electron chi connectivity index (χ2n) is 3.76. The lowest BCUT2D eigenvalue weighted by Gasteiger charge is -2.09. The minimum Gasteiger partial charge on any atom is -0.393 e. The highest BCUT2D eigenvalue weighted by Gasteiger charge is 2.10. The first-order chi connectivity index (χ1) is 7.19. The van der Waals surface area contributed by atoms with Crippen molar-refractivity contribution in [3.8, 4) is 0 Å². The van der Waals surface area contributed by atoms with Crippen molar-refractivity contribution in [3.63, 3.8) is 0 Å². The minimum absolute atomic E-state index is 0.193. The van der Waals surface area contributed by atoms with Crippen LogP contribution < -0.4 is 0 Å². The molecule has 1 aromatic rings. The molecule has 1 N–H and O–H groups in total. The lowest BCUT2D eigenvalue weighted by atomic mass is 10.1. The molecular formula is C11H19BrN2O. The maximum atomic E-state index is 9.52. The van der Waals surface area contributed by atoms with Gasteiger partial charge in [-0.3, -0.25) is 4.68 Å². The Morgan fingerprint density at radius 3 is 2.87 bits per heavy atom. The molecule has 0 amide bonds. The molecule has 1 rings (SSSR count). The molecule has 0 aromatic carbocycles. The Morgan fingerprint density at radius 2 is 2.27 bits per heavy atom. The Labute approximate surface area is 99.6 Å². The molecule has 0 radical (unpaired) electrons. The third kappa shape index (κ3) is 3.61. The molecule has 1 unspecified atom stereocenters. The number of halogens is 1. The molecular weight excluding hydrogens is 256 g/mol. The molecule has 0 bridgehead atoms. The van der Waals surface area contributed by atoms with Gasteiger partial charge in [0.15, 0.2) is 0 Å². The summed E-state index contributed by atoms with van der Waals surface area (Å²) in [6.45, 7) is 5.09. The number of rotatable bonds is 6. The topological polar surface area (TPSA) is 38.0 Å². The summed E-state index contributed by atoms with van der Waals surface area (Å²) >= 11 is 3.49. The van der Waals surface area contributed by atoms with Crippen LogP contribution in [-0.2, 0) is 13.0 Å². The van der Waals surface area contributed by atoms with Crippen LogP contribution in [0, 0.1) is 0 Å². The van der Waals surface area contributed by atoms with Gasteiger partial charge in [-0.1, -0.05) is 13.8 Å². The fraction of sp³-hybridized carbons (Fsp3) is 0.727. The van der Waals surface area contributed by atoms with Crippen LogP contribution in [0.25, 0.3) is 0 Å². The highest BCUT2D eigenvalue weighted by atomic mass is 79.9. The predicted octanol–water partition coefficient (Wildman–Crippen LogP) is 2.76. The standard InChI is InChI=1S/C11H19BrN2O/c1-3-7-14-11(10(12)8-13-14)6-5-9(15)4-2/h8-9,15H,3-7H2,1-2H3. The zero-order chi connectivity index (χ0) is 11.3. The molecule has 0 aliphatic heterocycles. The van der Waals surface area contributed by atoms with Crippen LogP contribution in [0.3, 0.4) is 0 Å². The van der Waals surface area contributed by atoms with Crippen LogP contribution in [0.4, 0.5) is 0 Å². The Kier molecular flexibility index (Phi) is 5.32. The first-order valence-corrected chi connectivity index (χ1v) is 6.36. The average Bonchev–Trinajstić information content (AvgIpc) is 2.57. The number of hydrogen-bond acceptors (Lipinski definition) is 2. The Morgan fingerprint density at radius 1 is 1.53 bits per heavy atom. The van der Waals surface area contributed by atoms with Gasteiger partial charge < -0.3 is 5.11 Å². The Bertz CT molecular complexity index is 299. The molecule has 0 aliphatic carbocycles. The van der Waals surface area contributed by atoms with E-state index in [1.165, 1.54) is 5.69 Å². The van der Waals surface area contributed by atoms with E-state index in [0.717, 1.165) is 36.7 Å². The second kappa shape index (κ2) is 6.28. The van der Waals surface area contributed by atoms with E-state index in [-0.39, 0.29) is 6.10 Å². The molecule has 86 valence electrons. The largest absolute Gasteiger partial charge is 0.393 e. The second-order valence-corrected chi connectivity index (χ2v) is 4.62. The van der Waals surface area contributed by atoms with Gasteiger partial charge in [0, 0.05) is 6.54 Å². The molecule has 0 spiro atoms. The molecule has 1 aromatic heterocycles. The van der Waals surface area contributed by atoms with Gasteiger partial charge in [0.25, 0.3) is 0 Å². The summed E-state index contributed by atoms with van der Waals surface area (Å²) in [5.74, 6) is 0. The van der Waals surface area contributed by atoms with Crippen LogP contribution in [0.2, 0.25) is 0 Å². The average molecular weight is 275 g/mol.